The summed E-state index contributed by atoms with van der Waals surface area (Å²) >= 11 is 0. The fourth-order valence-electron chi connectivity index (χ4n) is 2.15. The van der Waals surface area contributed by atoms with Gasteiger partial charge >= 0.3 is 0 Å². The van der Waals surface area contributed by atoms with E-state index < -0.39 is 0 Å². The number of benzene rings is 1. The Labute approximate surface area is 95.6 Å². The molecule has 0 aromatic heterocycles. The van der Waals surface area contributed by atoms with Crippen molar-refractivity contribution in [1.82, 2.24) is 4.90 Å². The first kappa shape index (κ1) is 11.2. The number of nitrogens with zero attached hydrogens (tertiary/aromatic N) is 2. The van der Waals surface area contributed by atoms with E-state index in [4.69, 9.17) is 5.73 Å². The van der Waals surface area contributed by atoms with Crippen LogP contribution in [0.2, 0.25) is 0 Å². The van der Waals surface area contributed by atoms with Crippen LogP contribution in [0, 0.1) is 5.82 Å². The Balaban J connectivity index is 2.14. The molecule has 0 amide bonds. The van der Waals surface area contributed by atoms with Gasteiger partial charge in [0.2, 0.25) is 0 Å². The van der Waals surface area contributed by atoms with E-state index >= 15 is 0 Å². The van der Waals surface area contributed by atoms with Crippen molar-refractivity contribution in [3.63, 3.8) is 0 Å². The quantitative estimate of drug-likeness (QED) is 0.772. The van der Waals surface area contributed by atoms with E-state index in [1.165, 1.54) is 6.07 Å². The zero-order chi connectivity index (χ0) is 11.5. The predicted octanol–water partition coefficient (Wildman–Crippen LogP) is 1.55. The molecule has 1 saturated heterocycles. The van der Waals surface area contributed by atoms with Crippen molar-refractivity contribution in [1.29, 1.82) is 0 Å². The molecule has 0 atom stereocenters. The molecule has 0 aliphatic carbocycles. The molecule has 0 bridgehead atoms. The zero-order valence-corrected chi connectivity index (χ0v) is 9.62. The van der Waals surface area contributed by atoms with Gasteiger partial charge in [-0.1, -0.05) is 13.0 Å². The molecule has 2 N–H and O–H groups in total. The number of nitrogens with two attached hydrogens (primary N) is 1. The third-order valence-corrected chi connectivity index (χ3v) is 3.15. The zero-order valence-electron chi connectivity index (χ0n) is 9.62. The van der Waals surface area contributed by atoms with Gasteiger partial charge in [0.25, 0.3) is 0 Å². The second kappa shape index (κ2) is 4.70. The third-order valence-electron chi connectivity index (χ3n) is 3.15. The highest BCUT2D eigenvalue weighted by atomic mass is 19.1. The van der Waals surface area contributed by atoms with Crippen LogP contribution in [0.5, 0.6) is 0 Å². The standard InChI is InChI=1S/C12H18FN3/c1-2-15-6-8-16(9-7-15)12-10(13)4-3-5-11(12)14/h3-5H,2,6-9,14H2,1H3. The molecule has 16 heavy (non-hydrogen) atoms. The minimum Gasteiger partial charge on any atom is -0.397 e. The second-order valence-corrected chi connectivity index (χ2v) is 4.10. The number of piperazine rings is 1. The summed E-state index contributed by atoms with van der Waals surface area (Å²) in [5.41, 5.74) is 6.92. The van der Waals surface area contributed by atoms with Gasteiger partial charge in [0.1, 0.15) is 5.82 Å². The van der Waals surface area contributed by atoms with Gasteiger partial charge in [0.15, 0.2) is 0 Å². The number of rotatable bonds is 2. The van der Waals surface area contributed by atoms with Crippen LogP contribution >= 0.6 is 0 Å². The summed E-state index contributed by atoms with van der Waals surface area (Å²) in [4.78, 5) is 4.39. The van der Waals surface area contributed by atoms with E-state index in [0.29, 0.717) is 11.4 Å². The van der Waals surface area contributed by atoms with Crippen LogP contribution < -0.4 is 10.6 Å². The van der Waals surface area contributed by atoms with E-state index in [0.717, 1.165) is 32.7 Å². The van der Waals surface area contributed by atoms with Crippen LogP contribution in [0.4, 0.5) is 15.8 Å². The largest absolute Gasteiger partial charge is 0.397 e. The lowest BCUT2D eigenvalue weighted by Gasteiger charge is -2.36. The molecule has 2 rings (SSSR count). The summed E-state index contributed by atoms with van der Waals surface area (Å²) < 4.78 is 13.7. The van der Waals surface area contributed by atoms with E-state index in [-0.39, 0.29) is 5.82 Å². The number of anilines is 2. The lowest BCUT2D eigenvalue weighted by molar-refractivity contribution is 0.270. The van der Waals surface area contributed by atoms with E-state index in [2.05, 4.69) is 11.8 Å². The molecule has 0 saturated carbocycles. The Morgan fingerprint density at radius 3 is 2.50 bits per heavy atom. The molecule has 1 aliphatic heterocycles. The monoisotopic (exact) mass is 223 g/mol. The van der Waals surface area contributed by atoms with E-state index in [1.54, 1.807) is 12.1 Å². The van der Waals surface area contributed by atoms with Crippen molar-refractivity contribution in [2.24, 2.45) is 0 Å². The average Bonchev–Trinajstić information content (AvgIpc) is 2.30. The molecule has 1 fully saturated rings. The number of hydrogen-bond donors (Lipinski definition) is 1. The Bertz CT molecular complexity index is 339. The van der Waals surface area contributed by atoms with Gasteiger partial charge in [-0.3, -0.25) is 0 Å². The minimum atomic E-state index is -0.218. The highest BCUT2D eigenvalue weighted by Gasteiger charge is 2.19. The first-order valence-electron chi connectivity index (χ1n) is 5.73. The molecule has 88 valence electrons. The van der Waals surface area contributed by atoms with Gasteiger partial charge in [-0.25, -0.2) is 4.39 Å². The summed E-state index contributed by atoms with van der Waals surface area (Å²) in [6.45, 7) is 6.85. The molecule has 1 aliphatic rings. The van der Waals surface area contributed by atoms with E-state index in [9.17, 15) is 4.39 Å². The number of para-hydroxylation sites is 1. The smallest absolute Gasteiger partial charge is 0.148 e. The average molecular weight is 223 g/mol. The van der Waals surface area contributed by atoms with Crippen LogP contribution in [-0.2, 0) is 0 Å². The van der Waals surface area contributed by atoms with Gasteiger partial charge in [0.05, 0.1) is 11.4 Å². The molecule has 0 unspecified atom stereocenters. The number of halogens is 1. The highest BCUT2D eigenvalue weighted by molar-refractivity contribution is 5.68. The lowest BCUT2D eigenvalue weighted by Crippen LogP contribution is -2.46. The summed E-state index contributed by atoms with van der Waals surface area (Å²) in [6, 6.07) is 4.87. The van der Waals surface area contributed by atoms with Crippen LogP contribution in [-0.4, -0.2) is 37.6 Å². The third kappa shape index (κ3) is 2.11. The van der Waals surface area contributed by atoms with Gasteiger partial charge in [-0.15, -0.1) is 0 Å². The molecule has 0 radical (unpaired) electrons. The van der Waals surface area contributed by atoms with Crippen molar-refractivity contribution in [3.05, 3.63) is 24.0 Å². The minimum absolute atomic E-state index is 0.218. The van der Waals surface area contributed by atoms with Gasteiger partial charge < -0.3 is 15.5 Å². The van der Waals surface area contributed by atoms with Crippen molar-refractivity contribution in [2.45, 2.75) is 6.92 Å². The Hall–Kier alpha value is -1.29. The summed E-state index contributed by atoms with van der Waals surface area (Å²) in [5, 5.41) is 0. The number of nitrogen functional groups attached to an aromatic ring is 1. The maximum Gasteiger partial charge on any atom is 0.148 e. The highest BCUT2D eigenvalue weighted by Crippen LogP contribution is 2.27. The molecule has 3 nitrogen and oxygen atoms in total. The topological polar surface area (TPSA) is 32.5 Å². The molecular formula is C12H18FN3. The molecule has 1 aromatic rings. The van der Waals surface area contributed by atoms with Crippen LogP contribution in [0.15, 0.2) is 18.2 Å². The molecule has 1 aromatic carbocycles. The summed E-state index contributed by atoms with van der Waals surface area (Å²) in [5.74, 6) is -0.218. The summed E-state index contributed by atoms with van der Waals surface area (Å²) in [7, 11) is 0. The molecule has 4 heteroatoms. The number of likely N-dealkylation sites (N-methyl/N-ethyl adjacent to an activating group) is 1. The molecule has 1 heterocycles. The fourth-order valence-corrected chi connectivity index (χ4v) is 2.15. The Kier molecular flexibility index (Phi) is 3.29. The van der Waals surface area contributed by atoms with Gasteiger partial charge in [0, 0.05) is 26.2 Å². The second-order valence-electron chi connectivity index (χ2n) is 4.10. The fraction of sp³-hybridized carbons (Fsp3) is 0.500. The lowest BCUT2D eigenvalue weighted by atomic mass is 10.2. The van der Waals surface area contributed by atoms with Gasteiger partial charge in [-0.2, -0.15) is 0 Å². The van der Waals surface area contributed by atoms with Crippen molar-refractivity contribution in [3.8, 4) is 0 Å². The van der Waals surface area contributed by atoms with Crippen molar-refractivity contribution in [2.75, 3.05) is 43.4 Å². The SMILES string of the molecule is CCN1CCN(c2c(N)cccc2F)CC1. The van der Waals surface area contributed by atoms with Gasteiger partial charge in [-0.05, 0) is 18.7 Å². The molecular weight excluding hydrogens is 205 g/mol. The molecule has 0 spiro atoms. The predicted molar refractivity (Wildman–Crippen MR) is 65.1 cm³/mol. The Morgan fingerprint density at radius 1 is 1.25 bits per heavy atom. The maximum absolute atomic E-state index is 13.7. The van der Waals surface area contributed by atoms with Crippen molar-refractivity contribution >= 4 is 11.4 Å². The van der Waals surface area contributed by atoms with Crippen molar-refractivity contribution < 1.29 is 4.39 Å². The first-order valence-corrected chi connectivity index (χ1v) is 5.73. The number of hydrogen-bond acceptors (Lipinski definition) is 3. The summed E-state index contributed by atoms with van der Waals surface area (Å²) in [6.07, 6.45) is 0. The normalized spacial score (nSPS) is 17.8. The first-order chi connectivity index (χ1) is 7.72. The van der Waals surface area contributed by atoms with Crippen LogP contribution in [0.3, 0.4) is 0 Å². The van der Waals surface area contributed by atoms with E-state index in [1.807, 2.05) is 4.90 Å². The Morgan fingerprint density at radius 2 is 1.94 bits per heavy atom. The maximum atomic E-state index is 13.7. The van der Waals surface area contributed by atoms with Crippen LogP contribution in [0.1, 0.15) is 6.92 Å². The van der Waals surface area contributed by atoms with Crippen LogP contribution in [0.25, 0.3) is 0 Å².